The zero-order chi connectivity index (χ0) is 8.74. The highest BCUT2D eigenvalue weighted by Crippen LogP contribution is 2.26. The first-order valence-electron chi connectivity index (χ1n) is 4.79. The summed E-state index contributed by atoms with van der Waals surface area (Å²) in [7, 11) is 1.84. The predicted octanol–water partition coefficient (Wildman–Crippen LogP) is 2.30. The fourth-order valence-electron chi connectivity index (χ4n) is 1.74. The van der Waals surface area contributed by atoms with E-state index in [-0.39, 0.29) is 5.60 Å². The molecule has 0 N–H and O–H groups in total. The van der Waals surface area contributed by atoms with Crippen LogP contribution in [0.3, 0.4) is 0 Å². The maximum Gasteiger partial charge on any atom is 0.258 e. The van der Waals surface area contributed by atoms with Crippen molar-refractivity contribution in [3.05, 3.63) is 0 Å². The summed E-state index contributed by atoms with van der Waals surface area (Å²) in [6.45, 7) is 6.66. The van der Waals surface area contributed by atoms with E-state index in [1.807, 2.05) is 8.05 Å². The summed E-state index contributed by atoms with van der Waals surface area (Å²) in [6.07, 6.45) is 6.00. The molecule has 11 heavy (non-hydrogen) atoms. The van der Waals surface area contributed by atoms with Gasteiger partial charge in [-0.05, 0) is 19.3 Å². The third-order valence-corrected chi connectivity index (χ3v) is 2.49. The minimum absolute atomic E-state index is 0.184. The van der Waals surface area contributed by atoms with Crippen molar-refractivity contribution in [2.45, 2.75) is 58.5 Å². The molecular formula is C9H21BO. The number of hydrogen-bond donors (Lipinski definition) is 0. The minimum Gasteiger partial charge on any atom is -0.439 e. The Balaban J connectivity index is 3.96. The van der Waals surface area contributed by atoms with Crippen LogP contribution in [0.25, 0.3) is 0 Å². The standard InChI is InChI=1S/C9H21BO/c1-4-7-9(6-3,11-10)8-5-2/h4-8,10H2,1-3H3. The Kier molecular flexibility index (Phi) is 5.66. The summed E-state index contributed by atoms with van der Waals surface area (Å²) in [6, 6.07) is 0. The normalized spacial score (nSPS) is 11.9. The molecule has 66 valence electrons. The lowest BCUT2D eigenvalue weighted by Gasteiger charge is -2.31. The molecule has 0 saturated heterocycles. The van der Waals surface area contributed by atoms with Gasteiger partial charge in [-0.1, -0.05) is 33.6 Å². The first-order valence-corrected chi connectivity index (χ1v) is 4.79. The van der Waals surface area contributed by atoms with E-state index in [2.05, 4.69) is 20.8 Å². The third-order valence-electron chi connectivity index (χ3n) is 2.49. The van der Waals surface area contributed by atoms with E-state index in [1.165, 1.54) is 25.7 Å². The number of rotatable bonds is 6. The Hall–Kier alpha value is 0.0249. The maximum atomic E-state index is 5.57. The second-order valence-electron chi connectivity index (χ2n) is 3.24. The average Bonchev–Trinajstić information content (AvgIpc) is 2.04. The topological polar surface area (TPSA) is 9.23 Å². The second-order valence-corrected chi connectivity index (χ2v) is 3.24. The average molecular weight is 156 g/mol. The molecule has 0 aromatic carbocycles. The van der Waals surface area contributed by atoms with E-state index in [9.17, 15) is 0 Å². The molecule has 0 amide bonds. The number of hydrogen-bond acceptors (Lipinski definition) is 1. The van der Waals surface area contributed by atoms with E-state index in [0.29, 0.717) is 0 Å². The highest BCUT2D eigenvalue weighted by atomic mass is 16.4. The Bertz CT molecular complexity index is 81.6. The molecule has 0 bridgehead atoms. The van der Waals surface area contributed by atoms with E-state index >= 15 is 0 Å². The van der Waals surface area contributed by atoms with Gasteiger partial charge in [0.2, 0.25) is 0 Å². The molecule has 0 aromatic heterocycles. The third kappa shape index (κ3) is 3.28. The molecule has 0 fully saturated rings. The Morgan fingerprint density at radius 1 is 1.09 bits per heavy atom. The van der Waals surface area contributed by atoms with Gasteiger partial charge in [-0.3, -0.25) is 0 Å². The predicted molar refractivity (Wildman–Crippen MR) is 52.5 cm³/mol. The summed E-state index contributed by atoms with van der Waals surface area (Å²) in [4.78, 5) is 0. The molecular weight excluding hydrogens is 135 g/mol. The zero-order valence-electron chi connectivity index (χ0n) is 8.44. The van der Waals surface area contributed by atoms with Crippen molar-refractivity contribution in [2.75, 3.05) is 0 Å². The highest BCUT2D eigenvalue weighted by Gasteiger charge is 2.23. The monoisotopic (exact) mass is 156 g/mol. The van der Waals surface area contributed by atoms with Crippen LogP contribution in [0.1, 0.15) is 52.9 Å². The van der Waals surface area contributed by atoms with E-state index in [0.717, 1.165) is 6.42 Å². The van der Waals surface area contributed by atoms with Gasteiger partial charge in [0.05, 0.1) is 5.60 Å². The molecule has 0 aliphatic rings. The summed E-state index contributed by atoms with van der Waals surface area (Å²) < 4.78 is 5.57. The molecule has 0 radical (unpaired) electrons. The first-order chi connectivity index (χ1) is 5.24. The van der Waals surface area contributed by atoms with Crippen LogP contribution in [0.4, 0.5) is 0 Å². The summed E-state index contributed by atoms with van der Waals surface area (Å²) in [5.74, 6) is 0. The van der Waals surface area contributed by atoms with E-state index in [4.69, 9.17) is 4.65 Å². The van der Waals surface area contributed by atoms with Gasteiger partial charge in [-0.15, -0.1) is 0 Å². The molecule has 0 aromatic rings. The Labute approximate surface area is 72.0 Å². The van der Waals surface area contributed by atoms with Crippen molar-refractivity contribution in [1.82, 2.24) is 0 Å². The van der Waals surface area contributed by atoms with E-state index in [1.54, 1.807) is 0 Å². The van der Waals surface area contributed by atoms with Gasteiger partial charge in [0, 0.05) is 0 Å². The van der Waals surface area contributed by atoms with Gasteiger partial charge in [0.15, 0.2) is 0 Å². The van der Waals surface area contributed by atoms with Crippen LogP contribution in [0.2, 0.25) is 0 Å². The molecule has 0 atom stereocenters. The van der Waals surface area contributed by atoms with Crippen LogP contribution >= 0.6 is 0 Å². The minimum atomic E-state index is 0.184. The molecule has 0 unspecified atom stereocenters. The fourth-order valence-corrected chi connectivity index (χ4v) is 1.74. The first kappa shape index (κ1) is 11.0. The summed E-state index contributed by atoms with van der Waals surface area (Å²) >= 11 is 0. The van der Waals surface area contributed by atoms with Crippen LogP contribution in [-0.2, 0) is 4.65 Å². The molecule has 0 rings (SSSR count). The molecule has 2 heteroatoms. The molecule has 0 saturated carbocycles. The van der Waals surface area contributed by atoms with Gasteiger partial charge in [0.25, 0.3) is 8.05 Å². The Morgan fingerprint density at radius 3 is 1.73 bits per heavy atom. The maximum absolute atomic E-state index is 5.57. The second kappa shape index (κ2) is 5.65. The quantitative estimate of drug-likeness (QED) is 0.536. The van der Waals surface area contributed by atoms with Crippen LogP contribution in [0.5, 0.6) is 0 Å². The lowest BCUT2D eigenvalue weighted by atomic mass is 9.89. The van der Waals surface area contributed by atoms with Crippen molar-refractivity contribution < 1.29 is 4.65 Å². The van der Waals surface area contributed by atoms with Gasteiger partial charge >= 0.3 is 0 Å². The van der Waals surface area contributed by atoms with Gasteiger partial charge in [-0.2, -0.15) is 0 Å². The van der Waals surface area contributed by atoms with Crippen molar-refractivity contribution in [1.29, 1.82) is 0 Å². The highest BCUT2D eigenvalue weighted by molar-refractivity contribution is 5.98. The lowest BCUT2D eigenvalue weighted by molar-refractivity contribution is 0.0544. The van der Waals surface area contributed by atoms with Crippen molar-refractivity contribution >= 4 is 8.05 Å². The molecule has 1 nitrogen and oxygen atoms in total. The van der Waals surface area contributed by atoms with E-state index < -0.39 is 0 Å². The largest absolute Gasteiger partial charge is 0.439 e. The molecule has 0 aliphatic carbocycles. The van der Waals surface area contributed by atoms with Crippen molar-refractivity contribution in [3.63, 3.8) is 0 Å². The molecule has 0 spiro atoms. The molecule has 0 aliphatic heterocycles. The fraction of sp³-hybridized carbons (Fsp3) is 1.00. The SMILES string of the molecule is BOC(CC)(CCC)CCC. The summed E-state index contributed by atoms with van der Waals surface area (Å²) in [5.41, 5.74) is 0.184. The van der Waals surface area contributed by atoms with Crippen LogP contribution < -0.4 is 0 Å². The van der Waals surface area contributed by atoms with Gasteiger partial charge in [0.1, 0.15) is 0 Å². The van der Waals surface area contributed by atoms with Gasteiger partial charge < -0.3 is 4.65 Å². The molecule has 0 heterocycles. The Morgan fingerprint density at radius 2 is 1.55 bits per heavy atom. The zero-order valence-corrected chi connectivity index (χ0v) is 8.44. The smallest absolute Gasteiger partial charge is 0.258 e. The lowest BCUT2D eigenvalue weighted by Crippen LogP contribution is -2.30. The van der Waals surface area contributed by atoms with Crippen LogP contribution in [0, 0.1) is 0 Å². The van der Waals surface area contributed by atoms with Crippen LogP contribution in [-0.4, -0.2) is 13.7 Å². The van der Waals surface area contributed by atoms with Crippen molar-refractivity contribution in [2.24, 2.45) is 0 Å². The van der Waals surface area contributed by atoms with Crippen LogP contribution in [0.15, 0.2) is 0 Å². The summed E-state index contributed by atoms with van der Waals surface area (Å²) in [5, 5.41) is 0. The van der Waals surface area contributed by atoms with Gasteiger partial charge in [-0.25, -0.2) is 0 Å². The van der Waals surface area contributed by atoms with Crippen molar-refractivity contribution in [3.8, 4) is 0 Å².